The fraction of sp³-hybridized carbons (Fsp3) is 0.417. The minimum atomic E-state index is -4.20. The summed E-state index contributed by atoms with van der Waals surface area (Å²) in [5, 5.41) is 0.710. The summed E-state index contributed by atoms with van der Waals surface area (Å²) in [7, 11) is 0. The number of alkyl halides is 3. The van der Waals surface area contributed by atoms with Gasteiger partial charge in [0.1, 0.15) is 5.78 Å². The van der Waals surface area contributed by atoms with E-state index >= 15 is 0 Å². The first-order valence-corrected chi connectivity index (χ1v) is 6.06. The quantitative estimate of drug-likeness (QED) is 0.760. The molecule has 0 spiro atoms. The van der Waals surface area contributed by atoms with Crippen LogP contribution < -0.4 is 0 Å². The maximum atomic E-state index is 11.9. The number of carbonyl (C=O) groups is 1. The van der Waals surface area contributed by atoms with Crippen molar-refractivity contribution in [2.45, 2.75) is 31.9 Å². The molecule has 0 radical (unpaired) electrons. The topological polar surface area (TPSA) is 17.1 Å². The van der Waals surface area contributed by atoms with Gasteiger partial charge in [0.2, 0.25) is 0 Å². The second-order valence-corrected chi connectivity index (χ2v) is 4.75. The predicted octanol–water partition coefficient (Wildman–Crippen LogP) is 4.84. The van der Waals surface area contributed by atoms with E-state index in [1.807, 2.05) is 0 Å². The summed E-state index contributed by atoms with van der Waals surface area (Å²) in [4.78, 5) is 11.5. The standard InChI is InChI=1S/C12H11Cl2F3O/c13-10-4-3-8(7-11(10)14)6-9(18)2-1-5-12(15,16)17/h3-4,7H,1-2,5-6H2. The Morgan fingerprint density at radius 1 is 1.17 bits per heavy atom. The van der Waals surface area contributed by atoms with Crippen LogP contribution in [0.25, 0.3) is 0 Å². The van der Waals surface area contributed by atoms with Gasteiger partial charge in [-0.1, -0.05) is 29.3 Å². The lowest BCUT2D eigenvalue weighted by molar-refractivity contribution is -0.137. The number of carbonyl (C=O) groups excluding carboxylic acids is 1. The van der Waals surface area contributed by atoms with Crippen LogP contribution in [0.4, 0.5) is 13.2 Å². The Kier molecular flexibility index (Phi) is 5.47. The third-order valence-corrected chi connectivity index (χ3v) is 3.04. The molecule has 0 amide bonds. The summed E-state index contributed by atoms with van der Waals surface area (Å²) in [6, 6.07) is 4.74. The van der Waals surface area contributed by atoms with Crippen LogP contribution in [0, 0.1) is 0 Å². The fourth-order valence-electron chi connectivity index (χ4n) is 1.45. The molecule has 0 aliphatic heterocycles. The lowest BCUT2D eigenvalue weighted by atomic mass is 10.0. The third-order valence-electron chi connectivity index (χ3n) is 2.30. The van der Waals surface area contributed by atoms with Gasteiger partial charge in [0.25, 0.3) is 0 Å². The Morgan fingerprint density at radius 3 is 2.39 bits per heavy atom. The van der Waals surface area contributed by atoms with Gasteiger partial charge in [0.15, 0.2) is 0 Å². The lowest BCUT2D eigenvalue weighted by Gasteiger charge is -2.06. The molecule has 6 heteroatoms. The smallest absolute Gasteiger partial charge is 0.299 e. The molecular formula is C12H11Cl2F3O. The number of rotatable bonds is 5. The molecule has 1 aromatic rings. The average molecular weight is 299 g/mol. The minimum Gasteiger partial charge on any atom is -0.299 e. The molecule has 0 unspecified atom stereocenters. The summed E-state index contributed by atoms with van der Waals surface area (Å²) in [6.07, 6.45) is -5.32. The first kappa shape index (κ1) is 15.3. The zero-order chi connectivity index (χ0) is 13.8. The highest BCUT2D eigenvalue weighted by molar-refractivity contribution is 6.42. The van der Waals surface area contributed by atoms with Crippen LogP contribution >= 0.6 is 23.2 Å². The zero-order valence-electron chi connectivity index (χ0n) is 9.36. The van der Waals surface area contributed by atoms with Crippen molar-refractivity contribution in [1.82, 2.24) is 0 Å². The molecule has 1 nitrogen and oxygen atoms in total. The molecule has 18 heavy (non-hydrogen) atoms. The van der Waals surface area contributed by atoms with Crippen molar-refractivity contribution in [2.24, 2.45) is 0 Å². The molecule has 0 aliphatic carbocycles. The van der Waals surface area contributed by atoms with Gasteiger partial charge in [-0.05, 0) is 24.1 Å². The van der Waals surface area contributed by atoms with Crippen LogP contribution in [0.3, 0.4) is 0 Å². The Labute approximate surface area is 113 Å². The van der Waals surface area contributed by atoms with Crippen LogP contribution in [0.5, 0.6) is 0 Å². The van der Waals surface area contributed by atoms with Gasteiger partial charge in [0.05, 0.1) is 10.0 Å². The number of halogens is 5. The van der Waals surface area contributed by atoms with E-state index in [4.69, 9.17) is 23.2 Å². The summed E-state index contributed by atoms with van der Waals surface area (Å²) in [6.45, 7) is 0. The van der Waals surface area contributed by atoms with Gasteiger partial charge in [0, 0.05) is 19.3 Å². The van der Waals surface area contributed by atoms with Crippen molar-refractivity contribution < 1.29 is 18.0 Å². The van der Waals surface area contributed by atoms with E-state index in [2.05, 4.69) is 0 Å². The fourth-order valence-corrected chi connectivity index (χ4v) is 1.77. The van der Waals surface area contributed by atoms with Crippen molar-refractivity contribution in [3.63, 3.8) is 0 Å². The summed E-state index contributed by atoms with van der Waals surface area (Å²) >= 11 is 11.5. The number of ketones is 1. The molecule has 0 saturated heterocycles. The monoisotopic (exact) mass is 298 g/mol. The van der Waals surface area contributed by atoms with Crippen LogP contribution in [0.1, 0.15) is 24.8 Å². The van der Waals surface area contributed by atoms with Gasteiger partial charge in [-0.2, -0.15) is 13.2 Å². The molecular weight excluding hydrogens is 288 g/mol. The first-order chi connectivity index (χ1) is 8.28. The Hall–Kier alpha value is -0.740. The highest BCUT2D eigenvalue weighted by Crippen LogP contribution is 2.24. The van der Waals surface area contributed by atoms with Crippen LogP contribution in [-0.2, 0) is 11.2 Å². The second kappa shape index (κ2) is 6.43. The Morgan fingerprint density at radius 2 is 1.83 bits per heavy atom. The van der Waals surface area contributed by atoms with Crippen LogP contribution in [0.2, 0.25) is 10.0 Å². The maximum absolute atomic E-state index is 11.9. The van der Waals surface area contributed by atoms with Gasteiger partial charge in [-0.15, -0.1) is 0 Å². The molecule has 1 aromatic carbocycles. The molecule has 0 bridgehead atoms. The predicted molar refractivity (Wildman–Crippen MR) is 65.1 cm³/mol. The van der Waals surface area contributed by atoms with Crippen molar-refractivity contribution in [1.29, 1.82) is 0 Å². The number of hydrogen-bond donors (Lipinski definition) is 0. The first-order valence-electron chi connectivity index (χ1n) is 5.30. The van der Waals surface area contributed by atoms with Crippen molar-refractivity contribution in [3.05, 3.63) is 33.8 Å². The van der Waals surface area contributed by atoms with Gasteiger partial charge < -0.3 is 0 Å². The molecule has 0 fully saturated rings. The van der Waals surface area contributed by atoms with Crippen molar-refractivity contribution in [2.75, 3.05) is 0 Å². The third kappa shape index (κ3) is 5.74. The van der Waals surface area contributed by atoms with Crippen molar-refractivity contribution in [3.8, 4) is 0 Å². The highest BCUT2D eigenvalue weighted by atomic mass is 35.5. The molecule has 0 aromatic heterocycles. The Balaban J connectivity index is 2.42. The average Bonchev–Trinajstić information content (AvgIpc) is 2.21. The van der Waals surface area contributed by atoms with E-state index in [0.717, 1.165) is 0 Å². The molecule has 0 saturated carbocycles. The highest BCUT2D eigenvalue weighted by Gasteiger charge is 2.26. The minimum absolute atomic E-state index is 0.0781. The van der Waals surface area contributed by atoms with Gasteiger partial charge in [-0.3, -0.25) is 4.79 Å². The van der Waals surface area contributed by atoms with E-state index in [0.29, 0.717) is 15.6 Å². The molecule has 0 heterocycles. The van der Waals surface area contributed by atoms with E-state index in [-0.39, 0.29) is 25.0 Å². The van der Waals surface area contributed by atoms with Crippen LogP contribution in [0.15, 0.2) is 18.2 Å². The summed E-state index contributed by atoms with van der Waals surface area (Å²) in [5.41, 5.74) is 0.654. The van der Waals surface area contributed by atoms with Gasteiger partial charge >= 0.3 is 6.18 Å². The molecule has 0 aliphatic rings. The summed E-state index contributed by atoms with van der Waals surface area (Å²) < 4.78 is 35.7. The normalized spacial score (nSPS) is 11.6. The molecule has 1 rings (SSSR count). The second-order valence-electron chi connectivity index (χ2n) is 3.93. The van der Waals surface area contributed by atoms with E-state index in [9.17, 15) is 18.0 Å². The molecule has 0 N–H and O–H groups in total. The number of benzene rings is 1. The van der Waals surface area contributed by atoms with E-state index in [1.165, 1.54) is 0 Å². The molecule has 0 atom stereocenters. The van der Waals surface area contributed by atoms with E-state index in [1.54, 1.807) is 18.2 Å². The SMILES string of the molecule is O=C(CCCC(F)(F)F)Cc1ccc(Cl)c(Cl)c1. The molecule has 100 valence electrons. The largest absolute Gasteiger partial charge is 0.389 e. The maximum Gasteiger partial charge on any atom is 0.389 e. The summed E-state index contributed by atoms with van der Waals surface area (Å²) in [5.74, 6) is -0.238. The lowest BCUT2D eigenvalue weighted by Crippen LogP contribution is -2.09. The van der Waals surface area contributed by atoms with Gasteiger partial charge in [-0.25, -0.2) is 0 Å². The number of Topliss-reactive ketones (excluding diaryl/α,β-unsaturated/α-hetero) is 1. The number of hydrogen-bond acceptors (Lipinski definition) is 1. The Bertz CT molecular complexity index is 430. The van der Waals surface area contributed by atoms with Crippen molar-refractivity contribution >= 4 is 29.0 Å². The van der Waals surface area contributed by atoms with E-state index < -0.39 is 12.6 Å². The zero-order valence-corrected chi connectivity index (χ0v) is 10.9. The van der Waals surface area contributed by atoms with Crippen LogP contribution in [-0.4, -0.2) is 12.0 Å².